The molecule has 0 fully saturated rings. The minimum atomic E-state index is 0.219. The molecular formula is C10H20ClNO. The molecule has 0 aliphatic carbocycles. The molecule has 0 saturated carbocycles. The maximum absolute atomic E-state index is 11.4. The number of rotatable bonds is 7. The zero-order chi connectivity index (χ0) is 10.1. The van der Waals surface area contributed by atoms with Gasteiger partial charge in [-0.25, -0.2) is 0 Å². The van der Waals surface area contributed by atoms with Gasteiger partial charge in [0.05, 0.1) is 0 Å². The number of halogens is 1. The van der Waals surface area contributed by atoms with Gasteiger partial charge in [-0.1, -0.05) is 26.2 Å². The largest absolute Gasteiger partial charge is 0.345 e. The molecule has 0 aliphatic rings. The Morgan fingerprint density at radius 1 is 1.31 bits per heavy atom. The van der Waals surface area contributed by atoms with Crippen LogP contribution in [-0.2, 0) is 4.79 Å². The molecule has 0 aromatic rings. The van der Waals surface area contributed by atoms with Crippen molar-refractivity contribution in [2.24, 2.45) is 0 Å². The van der Waals surface area contributed by atoms with Crippen LogP contribution in [0.25, 0.3) is 0 Å². The standard InChI is InChI=1S/C10H20ClNO/c1-3-4-5-6-7-10(13)12(2)9-8-11/h3-9H2,1-2H3. The minimum Gasteiger partial charge on any atom is -0.345 e. The highest BCUT2D eigenvalue weighted by molar-refractivity contribution is 6.18. The van der Waals surface area contributed by atoms with Gasteiger partial charge in [0.15, 0.2) is 0 Å². The zero-order valence-electron chi connectivity index (χ0n) is 8.68. The molecule has 0 heterocycles. The van der Waals surface area contributed by atoms with Crippen molar-refractivity contribution < 1.29 is 4.79 Å². The summed E-state index contributed by atoms with van der Waals surface area (Å²) in [5, 5.41) is 0. The van der Waals surface area contributed by atoms with Crippen molar-refractivity contribution in [3.05, 3.63) is 0 Å². The summed E-state index contributed by atoms with van der Waals surface area (Å²) in [4.78, 5) is 13.1. The van der Waals surface area contributed by atoms with E-state index in [1.807, 2.05) is 7.05 Å². The van der Waals surface area contributed by atoms with Gasteiger partial charge in [-0.05, 0) is 6.42 Å². The second-order valence-electron chi connectivity index (χ2n) is 3.31. The summed E-state index contributed by atoms with van der Waals surface area (Å²) in [5.74, 6) is 0.744. The Bertz CT molecular complexity index is 139. The number of carbonyl (C=O) groups excluding carboxylic acids is 1. The van der Waals surface area contributed by atoms with E-state index in [1.165, 1.54) is 12.8 Å². The maximum Gasteiger partial charge on any atom is 0.222 e. The van der Waals surface area contributed by atoms with E-state index in [1.54, 1.807) is 4.90 Å². The fourth-order valence-corrected chi connectivity index (χ4v) is 1.40. The van der Waals surface area contributed by atoms with Crippen LogP contribution in [0.3, 0.4) is 0 Å². The molecule has 0 radical (unpaired) electrons. The lowest BCUT2D eigenvalue weighted by Crippen LogP contribution is -2.28. The molecule has 0 bridgehead atoms. The van der Waals surface area contributed by atoms with E-state index >= 15 is 0 Å². The molecule has 0 aromatic heterocycles. The highest BCUT2D eigenvalue weighted by atomic mass is 35.5. The summed E-state index contributed by atoms with van der Waals surface area (Å²) in [6.07, 6.45) is 5.29. The molecule has 0 aromatic carbocycles. The predicted octanol–water partition coefficient (Wildman–Crippen LogP) is 2.65. The van der Waals surface area contributed by atoms with E-state index in [-0.39, 0.29) is 5.91 Å². The SMILES string of the molecule is CCCCCCC(=O)N(C)CCCl. The number of alkyl halides is 1. The van der Waals surface area contributed by atoms with Crippen LogP contribution in [-0.4, -0.2) is 30.3 Å². The van der Waals surface area contributed by atoms with Crippen LogP contribution < -0.4 is 0 Å². The molecule has 1 amide bonds. The Kier molecular flexibility index (Phi) is 8.21. The van der Waals surface area contributed by atoms with Gasteiger partial charge in [0.2, 0.25) is 5.91 Å². The number of carbonyl (C=O) groups is 1. The van der Waals surface area contributed by atoms with E-state index in [4.69, 9.17) is 11.6 Å². The van der Waals surface area contributed by atoms with Gasteiger partial charge in [0, 0.05) is 25.9 Å². The van der Waals surface area contributed by atoms with E-state index in [0.29, 0.717) is 18.8 Å². The molecule has 0 unspecified atom stereocenters. The number of hydrogen-bond acceptors (Lipinski definition) is 1. The number of unbranched alkanes of at least 4 members (excludes halogenated alkanes) is 3. The topological polar surface area (TPSA) is 20.3 Å². The van der Waals surface area contributed by atoms with Crippen LogP contribution in [0.1, 0.15) is 39.0 Å². The van der Waals surface area contributed by atoms with Crippen LogP contribution in [0.5, 0.6) is 0 Å². The first-order valence-corrected chi connectivity index (χ1v) is 5.55. The molecule has 2 nitrogen and oxygen atoms in total. The van der Waals surface area contributed by atoms with Gasteiger partial charge in [-0.2, -0.15) is 0 Å². The van der Waals surface area contributed by atoms with Crippen LogP contribution >= 0.6 is 11.6 Å². The third-order valence-electron chi connectivity index (χ3n) is 2.09. The van der Waals surface area contributed by atoms with E-state index < -0.39 is 0 Å². The van der Waals surface area contributed by atoms with Crippen molar-refractivity contribution in [2.45, 2.75) is 39.0 Å². The predicted molar refractivity (Wildman–Crippen MR) is 57.1 cm³/mol. The molecule has 0 aliphatic heterocycles. The summed E-state index contributed by atoms with van der Waals surface area (Å²) < 4.78 is 0. The second-order valence-corrected chi connectivity index (χ2v) is 3.69. The Labute approximate surface area is 86.2 Å². The lowest BCUT2D eigenvalue weighted by Gasteiger charge is -2.14. The first kappa shape index (κ1) is 12.8. The molecule has 0 spiro atoms. The molecule has 0 N–H and O–H groups in total. The summed E-state index contributed by atoms with van der Waals surface area (Å²) in [7, 11) is 1.81. The van der Waals surface area contributed by atoms with Gasteiger partial charge >= 0.3 is 0 Å². The van der Waals surface area contributed by atoms with Crippen molar-refractivity contribution in [2.75, 3.05) is 19.5 Å². The van der Waals surface area contributed by atoms with Crippen LogP contribution in [0.2, 0.25) is 0 Å². The van der Waals surface area contributed by atoms with Crippen molar-refractivity contribution >= 4 is 17.5 Å². The first-order valence-electron chi connectivity index (χ1n) is 5.02. The summed E-state index contributed by atoms with van der Waals surface area (Å²) in [6.45, 7) is 2.83. The summed E-state index contributed by atoms with van der Waals surface area (Å²) >= 11 is 5.53. The van der Waals surface area contributed by atoms with Gasteiger partial charge in [0.25, 0.3) is 0 Å². The highest BCUT2D eigenvalue weighted by Gasteiger charge is 2.06. The molecule has 3 heteroatoms. The van der Waals surface area contributed by atoms with Gasteiger partial charge < -0.3 is 4.90 Å². The lowest BCUT2D eigenvalue weighted by atomic mass is 10.1. The Balaban J connectivity index is 3.38. The zero-order valence-corrected chi connectivity index (χ0v) is 9.44. The van der Waals surface area contributed by atoms with E-state index in [9.17, 15) is 4.79 Å². The second kappa shape index (κ2) is 8.36. The molecule has 0 rings (SSSR count). The van der Waals surface area contributed by atoms with Gasteiger partial charge in [-0.3, -0.25) is 4.79 Å². The van der Waals surface area contributed by atoms with Crippen molar-refractivity contribution in [3.63, 3.8) is 0 Å². The number of hydrogen-bond donors (Lipinski definition) is 0. The Hall–Kier alpha value is -0.240. The fraction of sp³-hybridized carbons (Fsp3) is 0.900. The van der Waals surface area contributed by atoms with Crippen LogP contribution in [0.15, 0.2) is 0 Å². The lowest BCUT2D eigenvalue weighted by molar-refractivity contribution is -0.129. The highest BCUT2D eigenvalue weighted by Crippen LogP contribution is 2.04. The number of amides is 1. The third kappa shape index (κ3) is 6.88. The molecule has 78 valence electrons. The van der Waals surface area contributed by atoms with Crippen molar-refractivity contribution in [3.8, 4) is 0 Å². The van der Waals surface area contributed by atoms with E-state index in [2.05, 4.69) is 6.92 Å². The Morgan fingerprint density at radius 3 is 2.54 bits per heavy atom. The number of nitrogens with zero attached hydrogens (tertiary/aromatic N) is 1. The monoisotopic (exact) mass is 205 g/mol. The molecule has 0 saturated heterocycles. The van der Waals surface area contributed by atoms with Crippen molar-refractivity contribution in [1.82, 2.24) is 4.90 Å². The molecular weight excluding hydrogens is 186 g/mol. The first-order chi connectivity index (χ1) is 6.22. The maximum atomic E-state index is 11.4. The third-order valence-corrected chi connectivity index (χ3v) is 2.26. The van der Waals surface area contributed by atoms with Crippen molar-refractivity contribution in [1.29, 1.82) is 0 Å². The van der Waals surface area contributed by atoms with Gasteiger partial charge in [-0.15, -0.1) is 11.6 Å². The average Bonchev–Trinajstić information content (AvgIpc) is 2.12. The average molecular weight is 206 g/mol. The quantitative estimate of drug-likeness (QED) is 0.462. The molecule has 13 heavy (non-hydrogen) atoms. The van der Waals surface area contributed by atoms with Crippen LogP contribution in [0.4, 0.5) is 0 Å². The fourth-order valence-electron chi connectivity index (χ4n) is 1.15. The van der Waals surface area contributed by atoms with Crippen LogP contribution in [0, 0.1) is 0 Å². The van der Waals surface area contributed by atoms with Gasteiger partial charge in [0.1, 0.15) is 0 Å². The Morgan fingerprint density at radius 2 is 2.00 bits per heavy atom. The summed E-state index contributed by atoms with van der Waals surface area (Å²) in [6, 6.07) is 0. The smallest absolute Gasteiger partial charge is 0.222 e. The van der Waals surface area contributed by atoms with E-state index in [0.717, 1.165) is 12.8 Å². The molecule has 0 atom stereocenters. The normalized spacial score (nSPS) is 10.1. The summed E-state index contributed by atoms with van der Waals surface area (Å²) in [5.41, 5.74) is 0. The minimum absolute atomic E-state index is 0.219.